The molecular formula is C23H21N3. The van der Waals surface area contributed by atoms with Gasteiger partial charge in [-0.15, -0.1) is 0 Å². The van der Waals surface area contributed by atoms with Gasteiger partial charge in [0.1, 0.15) is 0 Å². The number of rotatable bonds is 4. The van der Waals surface area contributed by atoms with Crippen molar-refractivity contribution < 1.29 is 0 Å². The van der Waals surface area contributed by atoms with Crippen molar-refractivity contribution in [3.63, 3.8) is 0 Å². The van der Waals surface area contributed by atoms with Crippen molar-refractivity contribution in [3.8, 4) is 0 Å². The number of nitrogens with one attached hydrogen (secondary N) is 1. The van der Waals surface area contributed by atoms with Gasteiger partial charge in [-0.1, -0.05) is 48.5 Å². The van der Waals surface area contributed by atoms with Crippen molar-refractivity contribution in [3.05, 3.63) is 84.7 Å². The minimum absolute atomic E-state index is 0.518. The van der Waals surface area contributed by atoms with Gasteiger partial charge < -0.3 is 5.32 Å². The Labute approximate surface area is 153 Å². The Morgan fingerprint density at radius 3 is 2.73 bits per heavy atom. The van der Waals surface area contributed by atoms with Gasteiger partial charge in [-0.3, -0.25) is 9.88 Å². The molecule has 0 bridgehead atoms. The fraction of sp³-hybridized carbons (Fsp3) is 0.174. The molecule has 1 aliphatic rings. The number of aromatic nitrogens is 1. The second kappa shape index (κ2) is 6.43. The molecule has 0 saturated carbocycles. The molecule has 1 aliphatic heterocycles. The number of nitrogens with zero attached hydrogens (tertiary/aromatic N) is 2. The normalized spacial score (nSPS) is 15.2. The summed E-state index contributed by atoms with van der Waals surface area (Å²) in [6.45, 7) is 3.18. The SMILES string of the molecule is c1ccc2c(CN3CC(Nc4ccc5cnccc5c4)C3)cccc2c1. The monoisotopic (exact) mass is 339 g/mol. The van der Waals surface area contributed by atoms with Gasteiger partial charge in [0.05, 0.1) is 6.04 Å². The third-order valence-corrected chi connectivity index (χ3v) is 5.24. The zero-order chi connectivity index (χ0) is 17.3. The quantitative estimate of drug-likeness (QED) is 0.585. The molecule has 1 fully saturated rings. The first kappa shape index (κ1) is 15.4. The van der Waals surface area contributed by atoms with Crippen LogP contribution in [0.1, 0.15) is 5.56 Å². The second-order valence-corrected chi connectivity index (χ2v) is 7.11. The second-order valence-electron chi connectivity index (χ2n) is 7.11. The summed E-state index contributed by atoms with van der Waals surface area (Å²) in [5.74, 6) is 0. The van der Waals surface area contributed by atoms with E-state index in [4.69, 9.17) is 0 Å². The number of likely N-dealkylation sites (tertiary alicyclic amines) is 1. The maximum Gasteiger partial charge on any atom is 0.0515 e. The maximum absolute atomic E-state index is 4.18. The van der Waals surface area contributed by atoms with Gasteiger partial charge in [0, 0.05) is 43.1 Å². The Hall–Kier alpha value is -2.91. The van der Waals surface area contributed by atoms with E-state index < -0.39 is 0 Å². The zero-order valence-corrected chi connectivity index (χ0v) is 14.6. The van der Waals surface area contributed by atoms with Crippen LogP contribution in [0.3, 0.4) is 0 Å². The van der Waals surface area contributed by atoms with Crippen molar-refractivity contribution >= 4 is 27.2 Å². The third kappa shape index (κ3) is 2.91. The molecule has 128 valence electrons. The first-order chi connectivity index (χ1) is 12.8. The lowest BCUT2D eigenvalue weighted by atomic mass is 10.0. The van der Waals surface area contributed by atoms with Gasteiger partial charge in [0.2, 0.25) is 0 Å². The number of pyridine rings is 1. The van der Waals surface area contributed by atoms with E-state index >= 15 is 0 Å². The molecule has 1 N–H and O–H groups in total. The standard InChI is InChI=1S/C23H21N3/c1-2-7-23-17(4-1)5-3-6-20(23)14-26-15-22(16-26)25-21-9-8-19-13-24-11-10-18(19)12-21/h1-13,22,25H,14-16H2. The van der Waals surface area contributed by atoms with Crippen LogP contribution >= 0.6 is 0 Å². The van der Waals surface area contributed by atoms with Crippen molar-refractivity contribution in [1.82, 2.24) is 9.88 Å². The van der Waals surface area contributed by atoms with Crippen molar-refractivity contribution in [2.24, 2.45) is 0 Å². The highest BCUT2D eigenvalue weighted by molar-refractivity contribution is 5.86. The minimum Gasteiger partial charge on any atom is -0.380 e. The molecule has 1 aromatic heterocycles. The Morgan fingerprint density at radius 1 is 0.885 bits per heavy atom. The van der Waals surface area contributed by atoms with Crippen LogP contribution in [-0.4, -0.2) is 29.0 Å². The molecule has 0 radical (unpaired) electrons. The largest absolute Gasteiger partial charge is 0.380 e. The van der Waals surface area contributed by atoms with E-state index in [2.05, 4.69) is 81.9 Å². The van der Waals surface area contributed by atoms with Crippen LogP contribution in [0.5, 0.6) is 0 Å². The highest BCUT2D eigenvalue weighted by Gasteiger charge is 2.26. The molecule has 1 saturated heterocycles. The first-order valence-electron chi connectivity index (χ1n) is 9.14. The highest BCUT2D eigenvalue weighted by Crippen LogP contribution is 2.24. The Kier molecular flexibility index (Phi) is 3.80. The smallest absolute Gasteiger partial charge is 0.0515 e. The number of hydrogen-bond acceptors (Lipinski definition) is 3. The minimum atomic E-state index is 0.518. The van der Waals surface area contributed by atoms with Crippen LogP contribution in [0, 0.1) is 0 Å². The van der Waals surface area contributed by atoms with Crippen LogP contribution in [0.15, 0.2) is 79.1 Å². The summed E-state index contributed by atoms with van der Waals surface area (Å²) in [7, 11) is 0. The highest BCUT2D eigenvalue weighted by atomic mass is 15.2. The van der Waals surface area contributed by atoms with E-state index in [1.54, 1.807) is 0 Å². The van der Waals surface area contributed by atoms with Gasteiger partial charge in [-0.2, -0.15) is 0 Å². The fourth-order valence-corrected chi connectivity index (χ4v) is 3.87. The van der Waals surface area contributed by atoms with Crippen molar-refractivity contribution in [2.45, 2.75) is 12.6 Å². The molecule has 5 rings (SSSR count). The number of fused-ring (bicyclic) bond motifs is 2. The Morgan fingerprint density at radius 2 is 1.77 bits per heavy atom. The number of hydrogen-bond donors (Lipinski definition) is 1. The summed E-state index contributed by atoms with van der Waals surface area (Å²) in [6.07, 6.45) is 3.76. The van der Waals surface area contributed by atoms with E-state index in [0.717, 1.165) is 19.6 Å². The average Bonchev–Trinajstić information content (AvgIpc) is 2.66. The topological polar surface area (TPSA) is 28.2 Å². The van der Waals surface area contributed by atoms with Crippen LogP contribution in [0.2, 0.25) is 0 Å². The number of anilines is 1. The molecule has 0 aliphatic carbocycles. The molecule has 2 heterocycles. The van der Waals surface area contributed by atoms with Gasteiger partial charge in [-0.05, 0) is 39.9 Å². The lowest BCUT2D eigenvalue weighted by molar-refractivity contribution is 0.154. The summed E-state index contributed by atoms with van der Waals surface area (Å²) < 4.78 is 0. The van der Waals surface area contributed by atoms with E-state index in [9.17, 15) is 0 Å². The summed E-state index contributed by atoms with van der Waals surface area (Å²) in [6, 6.07) is 24.3. The molecule has 26 heavy (non-hydrogen) atoms. The molecule has 0 spiro atoms. The lowest BCUT2D eigenvalue weighted by Gasteiger charge is -2.40. The molecule has 3 heteroatoms. The maximum atomic E-state index is 4.18. The summed E-state index contributed by atoms with van der Waals surface area (Å²) >= 11 is 0. The van der Waals surface area contributed by atoms with E-state index in [0.29, 0.717) is 6.04 Å². The van der Waals surface area contributed by atoms with Gasteiger partial charge >= 0.3 is 0 Å². The lowest BCUT2D eigenvalue weighted by Crippen LogP contribution is -2.54. The molecule has 3 nitrogen and oxygen atoms in total. The number of benzene rings is 3. The predicted molar refractivity (Wildman–Crippen MR) is 108 cm³/mol. The van der Waals surface area contributed by atoms with Crippen LogP contribution in [0.4, 0.5) is 5.69 Å². The first-order valence-corrected chi connectivity index (χ1v) is 9.14. The Bertz CT molecular complexity index is 1060. The van der Waals surface area contributed by atoms with Crippen LogP contribution in [0.25, 0.3) is 21.5 Å². The summed E-state index contributed by atoms with van der Waals surface area (Å²) in [5.41, 5.74) is 2.61. The summed E-state index contributed by atoms with van der Waals surface area (Å²) in [4.78, 5) is 6.68. The molecular weight excluding hydrogens is 318 g/mol. The predicted octanol–water partition coefficient (Wildman–Crippen LogP) is 4.68. The van der Waals surface area contributed by atoms with Gasteiger partial charge in [0.15, 0.2) is 0 Å². The molecule has 0 unspecified atom stereocenters. The zero-order valence-electron chi connectivity index (χ0n) is 14.6. The Balaban J connectivity index is 1.24. The van der Waals surface area contributed by atoms with E-state index in [-0.39, 0.29) is 0 Å². The van der Waals surface area contributed by atoms with Gasteiger partial charge in [-0.25, -0.2) is 0 Å². The van der Waals surface area contributed by atoms with E-state index in [1.165, 1.54) is 32.8 Å². The average molecular weight is 339 g/mol. The fourth-order valence-electron chi connectivity index (χ4n) is 3.87. The third-order valence-electron chi connectivity index (χ3n) is 5.24. The summed E-state index contributed by atoms with van der Waals surface area (Å²) in [5, 5.41) is 8.77. The van der Waals surface area contributed by atoms with E-state index in [1.807, 2.05) is 12.4 Å². The molecule has 4 aromatic rings. The molecule has 0 atom stereocenters. The van der Waals surface area contributed by atoms with Gasteiger partial charge in [0.25, 0.3) is 0 Å². The van der Waals surface area contributed by atoms with Crippen LogP contribution in [-0.2, 0) is 6.54 Å². The van der Waals surface area contributed by atoms with Crippen molar-refractivity contribution in [2.75, 3.05) is 18.4 Å². The molecule has 3 aromatic carbocycles. The molecule has 0 amide bonds. The van der Waals surface area contributed by atoms with Crippen LogP contribution < -0.4 is 5.32 Å². The van der Waals surface area contributed by atoms with Crippen molar-refractivity contribution in [1.29, 1.82) is 0 Å².